The normalized spacial score (nSPS) is 16.3. The number of benzene rings is 1. The quantitative estimate of drug-likeness (QED) is 0.509. The van der Waals surface area contributed by atoms with E-state index in [0.717, 1.165) is 36.3 Å². The third-order valence-electron chi connectivity index (χ3n) is 5.42. The molecule has 2 N–H and O–H groups in total. The highest BCUT2D eigenvalue weighted by Gasteiger charge is 2.27. The zero-order chi connectivity index (χ0) is 20.5. The van der Waals surface area contributed by atoms with Crippen LogP contribution in [0.1, 0.15) is 12.8 Å². The van der Waals surface area contributed by atoms with Crippen LogP contribution in [-0.4, -0.2) is 55.6 Å². The van der Waals surface area contributed by atoms with E-state index in [1.54, 1.807) is 18.0 Å². The first-order valence-corrected chi connectivity index (χ1v) is 9.93. The molecule has 0 aliphatic carbocycles. The Morgan fingerprint density at radius 3 is 2.90 bits per heavy atom. The van der Waals surface area contributed by atoms with Crippen LogP contribution in [0.2, 0.25) is 0 Å². The molecule has 9 nitrogen and oxygen atoms in total. The summed E-state index contributed by atoms with van der Waals surface area (Å²) in [6.45, 7) is 0.936. The second-order valence-corrected chi connectivity index (χ2v) is 7.26. The van der Waals surface area contributed by atoms with E-state index < -0.39 is 0 Å². The molecule has 1 unspecified atom stereocenters. The Bertz CT molecular complexity index is 1150. The molecular weight excluding hydrogens is 382 g/mol. The van der Waals surface area contributed by atoms with Crippen LogP contribution in [0, 0.1) is 0 Å². The fourth-order valence-corrected chi connectivity index (χ4v) is 3.83. The van der Waals surface area contributed by atoms with Crippen molar-refractivity contribution in [3.05, 3.63) is 55.1 Å². The third-order valence-corrected chi connectivity index (χ3v) is 5.42. The van der Waals surface area contributed by atoms with Crippen molar-refractivity contribution in [3.8, 4) is 11.4 Å². The smallest absolute Gasteiger partial charge is 0.245 e. The van der Waals surface area contributed by atoms with Crippen LogP contribution < -0.4 is 15.0 Å². The molecule has 0 saturated carbocycles. The maximum Gasteiger partial charge on any atom is 0.245 e. The number of aliphatic hydroxyl groups excluding tert-OH is 1. The van der Waals surface area contributed by atoms with Crippen molar-refractivity contribution in [3.63, 3.8) is 0 Å². The number of rotatable bonds is 6. The molecule has 3 aromatic heterocycles. The molecule has 4 heterocycles. The molecule has 0 amide bonds. The summed E-state index contributed by atoms with van der Waals surface area (Å²) in [6, 6.07) is 11.7. The van der Waals surface area contributed by atoms with Crippen LogP contribution in [0.5, 0.6) is 5.75 Å². The van der Waals surface area contributed by atoms with Crippen molar-refractivity contribution in [1.29, 1.82) is 0 Å². The lowest BCUT2D eigenvalue weighted by Gasteiger charge is -2.23. The third kappa shape index (κ3) is 3.33. The number of nitrogens with zero attached hydrogens (tertiary/aromatic N) is 6. The minimum absolute atomic E-state index is 0.0557. The highest BCUT2D eigenvalue weighted by Crippen LogP contribution is 2.26. The summed E-state index contributed by atoms with van der Waals surface area (Å²) in [5.74, 6) is 2.77. The van der Waals surface area contributed by atoms with Crippen molar-refractivity contribution < 1.29 is 9.84 Å². The fraction of sp³-hybridized carbons (Fsp3) is 0.286. The van der Waals surface area contributed by atoms with Crippen molar-refractivity contribution in [2.24, 2.45) is 0 Å². The van der Waals surface area contributed by atoms with Gasteiger partial charge in [-0.2, -0.15) is 4.98 Å². The van der Waals surface area contributed by atoms with Crippen LogP contribution in [0.25, 0.3) is 11.2 Å². The molecular formula is C21H23N7O2. The Kier molecular flexibility index (Phi) is 4.72. The Morgan fingerprint density at radius 2 is 2.10 bits per heavy atom. The first kappa shape index (κ1) is 18.4. The Morgan fingerprint density at radius 1 is 1.23 bits per heavy atom. The van der Waals surface area contributed by atoms with Gasteiger partial charge in [-0.25, -0.2) is 9.50 Å². The maximum atomic E-state index is 9.68. The summed E-state index contributed by atoms with van der Waals surface area (Å²) >= 11 is 0. The Hall–Kier alpha value is -3.59. The van der Waals surface area contributed by atoms with Crippen molar-refractivity contribution in [2.75, 3.05) is 30.5 Å². The number of anilines is 3. The molecule has 154 valence electrons. The summed E-state index contributed by atoms with van der Waals surface area (Å²) in [4.78, 5) is 11.3. The molecule has 1 aliphatic rings. The van der Waals surface area contributed by atoms with Gasteiger partial charge in [0.25, 0.3) is 0 Å². The molecule has 1 fully saturated rings. The second-order valence-electron chi connectivity index (χ2n) is 7.26. The molecule has 0 spiro atoms. The summed E-state index contributed by atoms with van der Waals surface area (Å²) in [5, 5.41) is 17.6. The number of imidazole rings is 1. The van der Waals surface area contributed by atoms with E-state index in [0.29, 0.717) is 17.6 Å². The van der Waals surface area contributed by atoms with Crippen molar-refractivity contribution >= 4 is 23.1 Å². The van der Waals surface area contributed by atoms with Crippen LogP contribution in [0.4, 0.5) is 17.6 Å². The predicted octanol–water partition coefficient (Wildman–Crippen LogP) is 2.63. The van der Waals surface area contributed by atoms with Gasteiger partial charge in [-0.15, -0.1) is 5.10 Å². The van der Waals surface area contributed by atoms with E-state index in [4.69, 9.17) is 9.72 Å². The molecule has 4 aromatic rings. The van der Waals surface area contributed by atoms with Gasteiger partial charge < -0.3 is 24.6 Å². The van der Waals surface area contributed by atoms with E-state index in [9.17, 15) is 5.11 Å². The van der Waals surface area contributed by atoms with Gasteiger partial charge in [-0.05, 0) is 49.2 Å². The van der Waals surface area contributed by atoms with Gasteiger partial charge in [-0.1, -0.05) is 0 Å². The van der Waals surface area contributed by atoms with E-state index in [1.165, 1.54) is 0 Å². The van der Waals surface area contributed by atoms with Gasteiger partial charge >= 0.3 is 0 Å². The van der Waals surface area contributed by atoms with Crippen LogP contribution in [0.3, 0.4) is 0 Å². The standard InChI is InChI=1S/C21H23N7O2/c1-30-17-8-6-15(7-9-17)26-12-19(22-14-26)23-20-18-5-3-11-28(18)25-21(24-20)27-10-2-4-16(27)13-29/h3,5-9,11-12,14,16,29H,2,4,10,13H2,1H3,(H,23,24,25). The first-order chi connectivity index (χ1) is 14.7. The maximum absolute atomic E-state index is 9.68. The van der Waals surface area contributed by atoms with Gasteiger partial charge in [0.05, 0.1) is 26.0 Å². The monoisotopic (exact) mass is 405 g/mol. The molecule has 30 heavy (non-hydrogen) atoms. The van der Waals surface area contributed by atoms with E-state index >= 15 is 0 Å². The highest BCUT2D eigenvalue weighted by molar-refractivity contribution is 5.73. The molecule has 1 atom stereocenters. The largest absolute Gasteiger partial charge is 0.497 e. The van der Waals surface area contributed by atoms with Gasteiger partial charge in [-0.3, -0.25) is 0 Å². The lowest BCUT2D eigenvalue weighted by molar-refractivity contribution is 0.265. The molecule has 1 saturated heterocycles. The predicted molar refractivity (Wildman–Crippen MR) is 114 cm³/mol. The number of aliphatic hydroxyl groups is 1. The summed E-state index contributed by atoms with van der Waals surface area (Å²) in [5.41, 5.74) is 1.84. The molecule has 0 bridgehead atoms. The van der Waals surface area contributed by atoms with Crippen LogP contribution in [0.15, 0.2) is 55.1 Å². The summed E-state index contributed by atoms with van der Waals surface area (Å²) < 4.78 is 8.95. The highest BCUT2D eigenvalue weighted by atomic mass is 16.5. The zero-order valence-corrected chi connectivity index (χ0v) is 16.6. The number of ether oxygens (including phenoxy) is 1. The molecule has 0 radical (unpaired) electrons. The van der Waals surface area contributed by atoms with E-state index in [1.807, 2.05) is 53.4 Å². The molecule has 5 rings (SSSR count). The molecule has 1 aliphatic heterocycles. The van der Waals surface area contributed by atoms with Crippen molar-refractivity contribution in [1.82, 2.24) is 24.1 Å². The topological polar surface area (TPSA) is 92.7 Å². The number of hydrogen-bond acceptors (Lipinski definition) is 7. The second kappa shape index (κ2) is 7.68. The van der Waals surface area contributed by atoms with Crippen LogP contribution >= 0.6 is 0 Å². The van der Waals surface area contributed by atoms with E-state index in [-0.39, 0.29) is 12.6 Å². The minimum Gasteiger partial charge on any atom is -0.497 e. The average molecular weight is 405 g/mol. The molecule has 9 heteroatoms. The van der Waals surface area contributed by atoms with Gasteiger partial charge in [0, 0.05) is 18.4 Å². The zero-order valence-electron chi connectivity index (χ0n) is 16.6. The Balaban J connectivity index is 1.45. The lowest BCUT2D eigenvalue weighted by Crippen LogP contribution is -2.34. The number of aromatic nitrogens is 5. The lowest BCUT2D eigenvalue weighted by atomic mass is 10.2. The number of hydrogen-bond donors (Lipinski definition) is 2. The number of fused-ring (bicyclic) bond motifs is 1. The van der Waals surface area contributed by atoms with Crippen LogP contribution in [-0.2, 0) is 0 Å². The van der Waals surface area contributed by atoms with Gasteiger partial charge in [0.15, 0.2) is 5.82 Å². The summed E-state index contributed by atoms with van der Waals surface area (Å²) in [6.07, 6.45) is 7.52. The van der Waals surface area contributed by atoms with E-state index in [2.05, 4.69) is 20.3 Å². The average Bonchev–Trinajstić information content (AvgIpc) is 3.53. The number of nitrogens with one attached hydrogen (secondary N) is 1. The first-order valence-electron chi connectivity index (χ1n) is 9.93. The fourth-order valence-electron chi connectivity index (χ4n) is 3.83. The van der Waals surface area contributed by atoms with Gasteiger partial charge in [0.1, 0.15) is 23.4 Å². The summed E-state index contributed by atoms with van der Waals surface area (Å²) in [7, 11) is 1.65. The molecule has 1 aromatic carbocycles. The minimum atomic E-state index is 0.0557. The SMILES string of the molecule is COc1ccc(-n2cnc(Nc3nc(N4CCCC4CO)nn4cccc34)c2)cc1. The van der Waals surface area contributed by atoms with Crippen molar-refractivity contribution in [2.45, 2.75) is 18.9 Å². The number of methoxy groups -OCH3 is 1. The Labute approximate surface area is 173 Å². The van der Waals surface area contributed by atoms with Gasteiger partial charge in [0.2, 0.25) is 5.95 Å².